The number of hydrogen-bond donors (Lipinski definition) is 2. The molecule has 0 aromatic heterocycles. The number of ether oxygens (including phenoxy) is 4. The number of hydrogen-bond acceptors (Lipinski definition) is 6. The monoisotopic (exact) mass is 704 g/mol. The van der Waals surface area contributed by atoms with Crippen molar-refractivity contribution in [3.63, 3.8) is 0 Å². The predicted molar refractivity (Wildman–Crippen MR) is 207 cm³/mol. The summed E-state index contributed by atoms with van der Waals surface area (Å²) in [6, 6.07) is 47.2. The van der Waals surface area contributed by atoms with Crippen LogP contribution in [0.3, 0.4) is 0 Å². The maximum atomic E-state index is 13.2. The number of amides is 2. The second kappa shape index (κ2) is 16.0. The van der Waals surface area contributed by atoms with E-state index in [1.54, 1.807) is 62.8 Å². The molecule has 53 heavy (non-hydrogen) atoms. The minimum atomic E-state index is -0.643. The standard InChI is InChI=1S/C45H40N2O6/c1-50-27-29-52-37-23-11-31(12-24-37)43(48)46-35-19-15-33(16-20-35)45(41-9-5-3-7-39(41)40-8-4-6-10-42(40)45)34-17-21-36(22-18-34)47-44(49)32-13-25-38(26-14-32)53-30-28-51-2/h3-26H,27-30H2,1-2H3,(H,46,48)(H,47,49). The maximum absolute atomic E-state index is 13.2. The second-order valence-corrected chi connectivity index (χ2v) is 12.6. The second-order valence-electron chi connectivity index (χ2n) is 12.6. The van der Waals surface area contributed by atoms with Gasteiger partial charge in [-0.2, -0.15) is 0 Å². The molecule has 8 nitrogen and oxygen atoms in total. The molecule has 0 heterocycles. The fourth-order valence-electron chi connectivity index (χ4n) is 6.93. The molecule has 0 bridgehead atoms. The van der Waals surface area contributed by atoms with Crippen molar-refractivity contribution in [1.82, 2.24) is 0 Å². The highest BCUT2D eigenvalue weighted by Gasteiger charge is 2.45. The number of carbonyl (C=O) groups excluding carboxylic acids is 2. The summed E-state index contributed by atoms with van der Waals surface area (Å²) < 4.78 is 21.3. The van der Waals surface area contributed by atoms with Crippen molar-refractivity contribution in [3.05, 3.63) is 179 Å². The molecule has 266 valence electrons. The van der Waals surface area contributed by atoms with Crippen LogP contribution in [0.5, 0.6) is 11.5 Å². The third kappa shape index (κ3) is 7.28. The zero-order valence-electron chi connectivity index (χ0n) is 29.6. The SMILES string of the molecule is COCCOc1ccc(C(=O)Nc2ccc(C3(c4ccc(NC(=O)c5ccc(OCCOC)cc5)cc4)c4ccccc4-c4ccccc43)cc2)cc1. The molecule has 0 unspecified atom stereocenters. The molecule has 0 radical (unpaired) electrons. The number of rotatable bonds is 14. The summed E-state index contributed by atoms with van der Waals surface area (Å²) in [6.07, 6.45) is 0. The Kier molecular flexibility index (Phi) is 10.6. The smallest absolute Gasteiger partial charge is 0.255 e. The molecule has 7 rings (SSSR count). The van der Waals surface area contributed by atoms with E-state index < -0.39 is 5.41 Å². The van der Waals surface area contributed by atoms with Crippen LogP contribution in [0, 0.1) is 0 Å². The molecule has 2 amide bonds. The van der Waals surface area contributed by atoms with Gasteiger partial charge in [0.15, 0.2) is 0 Å². The molecule has 0 aliphatic heterocycles. The van der Waals surface area contributed by atoms with Crippen molar-refractivity contribution >= 4 is 23.2 Å². The van der Waals surface area contributed by atoms with E-state index in [0.717, 1.165) is 22.3 Å². The lowest BCUT2D eigenvalue weighted by molar-refractivity contribution is 0.101. The lowest BCUT2D eigenvalue weighted by atomic mass is 9.67. The topological polar surface area (TPSA) is 95.1 Å². The van der Waals surface area contributed by atoms with Crippen LogP contribution in [0.25, 0.3) is 11.1 Å². The number of fused-ring (bicyclic) bond motifs is 3. The quantitative estimate of drug-likeness (QED) is 0.110. The van der Waals surface area contributed by atoms with Gasteiger partial charge in [0.2, 0.25) is 0 Å². The highest BCUT2D eigenvalue weighted by molar-refractivity contribution is 6.05. The van der Waals surface area contributed by atoms with Gasteiger partial charge < -0.3 is 29.6 Å². The first-order valence-corrected chi connectivity index (χ1v) is 17.5. The summed E-state index contributed by atoms with van der Waals surface area (Å²) in [5, 5.41) is 6.08. The first kappa shape index (κ1) is 35.2. The Morgan fingerprint density at radius 2 is 0.849 bits per heavy atom. The average molecular weight is 705 g/mol. The number of benzene rings is 6. The van der Waals surface area contributed by atoms with E-state index in [1.165, 1.54) is 11.1 Å². The van der Waals surface area contributed by atoms with Crippen LogP contribution in [0.1, 0.15) is 43.0 Å². The fraction of sp³-hybridized carbons (Fsp3) is 0.156. The van der Waals surface area contributed by atoms with Gasteiger partial charge in [0, 0.05) is 36.7 Å². The van der Waals surface area contributed by atoms with E-state index in [9.17, 15) is 9.59 Å². The Morgan fingerprint density at radius 1 is 0.472 bits per heavy atom. The zero-order chi connectivity index (χ0) is 36.6. The van der Waals surface area contributed by atoms with Gasteiger partial charge in [-0.05, 0) is 106 Å². The minimum Gasteiger partial charge on any atom is -0.491 e. The minimum absolute atomic E-state index is 0.212. The molecule has 2 N–H and O–H groups in total. The van der Waals surface area contributed by atoms with Crippen LogP contribution < -0.4 is 20.1 Å². The van der Waals surface area contributed by atoms with Gasteiger partial charge >= 0.3 is 0 Å². The third-order valence-corrected chi connectivity index (χ3v) is 9.45. The van der Waals surface area contributed by atoms with E-state index in [-0.39, 0.29) is 11.8 Å². The van der Waals surface area contributed by atoms with Crippen molar-refractivity contribution < 1.29 is 28.5 Å². The lowest BCUT2D eigenvalue weighted by Crippen LogP contribution is -2.28. The highest BCUT2D eigenvalue weighted by atomic mass is 16.5. The average Bonchev–Trinajstić information content (AvgIpc) is 3.50. The Labute approximate surface area is 309 Å². The molecule has 6 aromatic rings. The van der Waals surface area contributed by atoms with Gasteiger partial charge in [-0.3, -0.25) is 9.59 Å². The molecule has 0 spiro atoms. The van der Waals surface area contributed by atoms with Crippen molar-refractivity contribution in [2.45, 2.75) is 5.41 Å². The van der Waals surface area contributed by atoms with Crippen LogP contribution in [0.4, 0.5) is 11.4 Å². The Morgan fingerprint density at radius 3 is 1.23 bits per heavy atom. The molecule has 6 aromatic carbocycles. The van der Waals surface area contributed by atoms with Crippen LogP contribution >= 0.6 is 0 Å². The lowest BCUT2D eigenvalue weighted by Gasteiger charge is -2.34. The molecule has 1 aliphatic rings. The molecular formula is C45H40N2O6. The van der Waals surface area contributed by atoms with Gasteiger partial charge in [0.1, 0.15) is 24.7 Å². The predicted octanol–water partition coefficient (Wildman–Crippen LogP) is 8.60. The fourth-order valence-corrected chi connectivity index (χ4v) is 6.93. The van der Waals surface area contributed by atoms with Crippen molar-refractivity contribution in [2.24, 2.45) is 0 Å². The normalized spacial score (nSPS) is 12.3. The van der Waals surface area contributed by atoms with Crippen LogP contribution in [0.2, 0.25) is 0 Å². The van der Waals surface area contributed by atoms with E-state index >= 15 is 0 Å². The first-order valence-electron chi connectivity index (χ1n) is 17.5. The summed E-state index contributed by atoms with van der Waals surface area (Å²) in [5.41, 5.74) is 8.54. The molecular weight excluding hydrogens is 665 g/mol. The third-order valence-electron chi connectivity index (χ3n) is 9.45. The Balaban J connectivity index is 1.16. The van der Waals surface area contributed by atoms with Crippen LogP contribution in [-0.4, -0.2) is 52.5 Å². The molecule has 0 fully saturated rings. The molecule has 0 atom stereocenters. The van der Waals surface area contributed by atoms with E-state index in [0.29, 0.717) is 60.4 Å². The zero-order valence-corrected chi connectivity index (χ0v) is 29.6. The number of anilines is 2. The number of carbonyl (C=O) groups is 2. The summed E-state index contributed by atoms with van der Waals surface area (Å²) >= 11 is 0. The largest absolute Gasteiger partial charge is 0.491 e. The van der Waals surface area contributed by atoms with Gasteiger partial charge in [-0.25, -0.2) is 0 Å². The van der Waals surface area contributed by atoms with Crippen LogP contribution in [0.15, 0.2) is 146 Å². The number of methoxy groups -OCH3 is 2. The van der Waals surface area contributed by atoms with Gasteiger partial charge in [0.25, 0.3) is 11.8 Å². The number of nitrogens with one attached hydrogen (secondary N) is 2. The first-order chi connectivity index (χ1) is 26.0. The molecule has 8 heteroatoms. The summed E-state index contributed by atoms with van der Waals surface area (Å²) in [5.74, 6) is 0.930. The summed E-state index contributed by atoms with van der Waals surface area (Å²) in [4.78, 5) is 26.4. The van der Waals surface area contributed by atoms with E-state index in [1.807, 2.05) is 24.3 Å². The van der Waals surface area contributed by atoms with Gasteiger partial charge in [-0.1, -0.05) is 72.8 Å². The van der Waals surface area contributed by atoms with Crippen molar-refractivity contribution in [2.75, 3.05) is 51.3 Å². The van der Waals surface area contributed by atoms with E-state index in [2.05, 4.69) is 83.4 Å². The summed E-state index contributed by atoms with van der Waals surface area (Å²) in [6.45, 7) is 1.85. The Hall–Kier alpha value is -6.22. The molecule has 0 saturated heterocycles. The van der Waals surface area contributed by atoms with Gasteiger partial charge in [-0.15, -0.1) is 0 Å². The van der Waals surface area contributed by atoms with Crippen molar-refractivity contribution in [1.29, 1.82) is 0 Å². The maximum Gasteiger partial charge on any atom is 0.255 e. The summed E-state index contributed by atoms with van der Waals surface area (Å²) in [7, 11) is 3.25. The molecule has 1 aliphatic carbocycles. The van der Waals surface area contributed by atoms with Crippen LogP contribution in [-0.2, 0) is 14.9 Å². The van der Waals surface area contributed by atoms with Crippen molar-refractivity contribution in [3.8, 4) is 22.6 Å². The Bertz CT molecular complexity index is 2020. The highest BCUT2D eigenvalue weighted by Crippen LogP contribution is 2.56. The molecule has 0 saturated carbocycles. The van der Waals surface area contributed by atoms with E-state index in [4.69, 9.17) is 18.9 Å². The van der Waals surface area contributed by atoms with Gasteiger partial charge in [0.05, 0.1) is 18.6 Å².